The molecule has 0 spiro atoms. The van der Waals surface area contributed by atoms with Gasteiger partial charge in [-0.15, -0.1) is 11.3 Å². The molecule has 2 saturated heterocycles. The molecule has 2 aliphatic rings. The van der Waals surface area contributed by atoms with Crippen molar-refractivity contribution in [3.63, 3.8) is 0 Å². The van der Waals surface area contributed by atoms with Crippen molar-refractivity contribution in [3.05, 3.63) is 41.0 Å². The zero-order valence-electron chi connectivity index (χ0n) is 13.8. The van der Waals surface area contributed by atoms with E-state index in [1.54, 1.807) is 17.5 Å². The van der Waals surface area contributed by atoms with Gasteiger partial charge in [0.25, 0.3) is 0 Å². The predicted molar refractivity (Wildman–Crippen MR) is 93.1 cm³/mol. The quantitative estimate of drug-likeness (QED) is 0.834. The summed E-state index contributed by atoms with van der Waals surface area (Å²) in [6.45, 7) is 4.54. The van der Waals surface area contributed by atoms with Crippen LogP contribution in [0.15, 0.2) is 36.0 Å². The average molecular weight is 345 g/mol. The van der Waals surface area contributed by atoms with E-state index in [-0.39, 0.29) is 5.41 Å². The van der Waals surface area contributed by atoms with Crippen molar-refractivity contribution in [2.45, 2.75) is 31.9 Å². The molecule has 24 heavy (non-hydrogen) atoms. The highest BCUT2D eigenvalue weighted by Gasteiger charge is 2.46. The van der Waals surface area contributed by atoms with Crippen molar-refractivity contribution in [2.24, 2.45) is 5.41 Å². The molecule has 2 aromatic rings. The van der Waals surface area contributed by atoms with E-state index in [0.717, 1.165) is 45.5 Å². The molecule has 2 atom stereocenters. The molecular weight excluding hydrogens is 322 g/mol. The molecule has 0 aromatic carbocycles. The van der Waals surface area contributed by atoms with Crippen LogP contribution >= 0.6 is 11.3 Å². The summed E-state index contributed by atoms with van der Waals surface area (Å²) in [6, 6.07) is 5.80. The van der Waals surface area contributed by atoms with Crippen LogP contribution in [0.3, 0.4) is 0 Å². The van der Waals surface area contributed by atoms with Gasteiger partial charge in [0, 0.05) is 49.0 Å². The summed E-state index contributed by atoms with van der Waals surface area (Å²) in [7, 11) is 0. The van der Waals surface area contributed by atoms with Gasteiger partial charge in [0.05, 0.1) is 19.3 Å². The molecule has 6 heteroatoms. The number of thiazole rings is 1. The maximum Gasteiger partial charge on any atom is 0.213 e. The van der Waals surface area contributed by atoms with E-state index in [1.165, 1.54) is 5.01 Å². The number of hydrogen-bond acceptors (Lipinski definition) is 6. The van der Waals surface area contributed by atoms with Crippen LogP contribution in [0.2, 0.25) is 0 Å². The zero-order valence-corrected chi connectivity index (χ0v) is 14.6. The monoisotopic (exact) mass is 345 g/mol. The minimum Gasteiger partial charge on any atom is -0.477 e. The molecule has 5 nitrogen and oxygen atoms in total. The Balaban J connectivity index is 1.47. The van der Waals surface area contributed by atoms with Crippen molar-refractivity contribution in [1.29, 1.82) is 0 Å². The maximum atomic E-state index is 6.12. The molecule has 0 bridgehead atoms. The van der Waals surface area contributed by atoms with E-state index in [4.69, 9.17) is 9.47 Å². The van der Waals surface area contributed by atoms with Gasteiger partial charge in [0.1, 0.15) is 5.01 Å². The molecule has 2 aromatic heterocycles. The van der Waals surface area contributed by atoms with Gasteiger partial charge in [0.15, 0.2) is 0 Å². The Morgan fingerprint density at radius 3 is 3.17 bits per heavy atom. The molecule has 0 aliphatic carbocycles. The maximum absolute atomic E-state index is 6.12. The molecule has 128 valence electrons. The lowest BCUT2D eigenvalue weighted by Gasteiger charge is -2.50. The van der Waals surface area contributed by atoms with E-state index in [0.29, 0.717) is 18.6 Å². The molecule has 0 N–H and O–H groups in total. The lowest BCUT2D eigenvalue weighted by molar-refractivity contribution is -0.141. The molecule has 2 unspecified atom stereocenters. The highest BCUT2D eigenvalue weighted by molar-refractivity contribution is 7.09. The molecule has 4 heterocycles. The Hall–Kier alpha value is -1.50. The first-order chi connectivity index (χ1) is 11.8. The largest absolute Gasteiger partial charge is 0.477 e. The van der Waals surface area contributed by atoms with Gasteiger partial charge in [-0.3, -0.25) is 4.90 Å². The summed E-state index contributed by atoms with van der Waals surface area (Å²) in [5, 5.41) is 3.23. The van der Waals surface area contributed by atoms with Crippen molar-refractivity contribution in [3.8, 4) is 5.88 Å². The number of hydrogen-bond donors (Lipinski definition) is 0. The van der Waals surface area contributed by atoms with E-state index in [2.05, 4.69) is 14.9 Å². The average Bonchev–Trinajstić information content (AvgIpc) is 3.14. The topological polar surface area (TPSA) is 47.5 Å². The fraction of sp³-hybridized carbons (Fsp3) is 0.556. The van der Waals surface area contributed by atoms with Gasteiger partial charge < -0.3 is 9.47 Å². The van der Waals surface area contributed by atoms with Gasteiger partial charge in [-0.05, 0) is 25.3 Å². The first kappa shape index (κ1) is 16.0. The van der Waals surface area contributed by atoms with Gasteiger partial charge in [-0.2, -0.15) is 0 Å². The van der Waals surface area contributed by atoms with Crippen LogP contribution < -0.4 is 4.74 Å². The molecule has 0 radical (unpaired) electrons. The number of nitrogens with zero attached hydrogens (tertiary/aromatic N) is 3. The van der Waals surface area contributed by atoms with Gasteiger partial charge in [0.2, 0.25) is 5.88 Å². The first-order valence-electron chi connectivity index (χ1n) is 8.60. The normalized spacial score (nSPS) is 27.6. The highest BCUT2D eigenvalue weighted by Crippen LogP contribution is 2.41. The number of ether oxygens (including phenoxy) is 2. The standard InChI is InChI=1S/C18H23N3O2S/c1-2-7-19-16(4-1)23-14-18-6-3-10-22-15(18)5-9-21(13-18)12-17-20-8-11-24-17/h1-2,4,7-8,11,15H,3,5-6,9-10,12-14H2. The smallest absolute Gasteiger partial charge is 0.213 e. The van der Waals surface area contributed by atoms with Crippen molar-refractivity contribution in [1.82, 2.24) is 14.9 Å². The van der Waals surface area contributed by atoms with Gasteiger partial charge in [-0.25, -0.2) is 9.97 Å². The summed E-state index contributed by atoms with van der Waals surface area (Å²) in [6.07, 6.45) is 7.28. The van der Waals surface area contributed by atoms with Crippen LogP contribution in [0.25, 0.3) is 0 Å². The second-order valence-corrected chi connectivity index (χ2v) is 7.69. The molecule has 0 amide bonds. The summed E-state index contributed by atoms with van der Waals surface area (Å²) >= 11 is 1.73. The fourth-order valence-corrected chi connectivity index (χ4v) is 4.56. The zero-order chi connectivity index (χ0) is 16.2. The summed E-state index contributed by atoms with van der Waals surface area (Å²) in [4.78, 5) is 11.2. The summed E-state index contributed by atoms with van der Waals surface area (Å²) in [5.41, 5.74) is 0.0608. The first-order valence-corrected chi connectivity index (χ1v) is 9.48. The van der Waals surface area contributed by atoms with E-state index < -0.39 is 0 Å². The van der Waals surface area contributed by atoms with Gasteiger partial charge in [-0.1, -0.05) is 6.07 Å². The van der Waals surface area contributed by atoms with E-state index >= 15 is 0 Å². The van der Waals surface area contributed by atoms with Crippen molar-refractivity contribution < 1.29 is 9.47 Å². The molecule has 2 fully saturated rings. The summed E-state index contributed by atoms with van der Waals surface area (Å²) in [5.74, 6) is 0.702. The highest BCUT2D eigenvalue weighted by atomic mass is 32.1. The Morgan fingerprint density at radius 2 is 2.33 bits per heavy atom. The SMILES string of the molecule is c1ccc(OCC23CCCOC2CCN(Cc2nccs2)C3)nc1. The van der Waals surface area contributed by atoms with Crippen LogP contribution in [-0.4, -0.2) is 47.3 Å². The number of rotatable bonds is 5. The Labute approximate surface area is 146 Å². The Kier molecular flexibility index (Phi) is 4.78. The summed E-state index contributed by atoms with van der Waals surface area (Å²) < 4.78 is 12.2. The minimum atomic E-state index is 0.0608. The predicted octanol–water partition coefficient (Wildman–Crippen LogP) is 2.99. The Morgan fingerprint density at radius 1 is 1.33 bits per heavy atom. The number of likely N-dealkylation sites (tertiary alicyclic amines) is 1. The van der Waals surface area contributed by atoms with E-state index in [9.17, 15) is 0 Å². The Bertz CT molecular complexity index is 637. The van der Waals surface area contributed by atoms with Crippen LogP contribution in [0.4, 0.5) is 0 Å². The van der Waals surface area contributed by atoms with Crippen molar-refractivity contribution in [2.75, 3.05) is 26.3 Å². The molecular formula is C18H23N3O2S. The van der Waals surface area contributed by atoms with Gasteiger partial charge >= 0.3 is 0 Å². The van der Waals surface area contributed by atoms with Crippen LogP contribution in [0, 0.1) is 5.41 Å². The third-order valence-electron chi connectivity index (χ3n) is 5.05. The second-order valence-electron chi connectivity index (χ2n) is 6.71. The lowest BCUT2D eigenvalue weighted by Crippen LogP contribution is -2.57. The number of aromatic nitrogens is 2. The fourth-order valence-electron chi connectivity index (χ4n) is 3.90. The third kappa shape index (κ3) is 3.45. The van der Waals surface area contributed by atoms with Crippen molar-refractivity contribution >= 4 is 11.3 Å². The number of pyridine rings is 1. The van der Waals surface area contributed by atoms with Crippen LogP contribution in [-0.2, 0) is 11.3 Å². The van der Waals surface area contributed by atoms with Crippen LogP contribution in [0.1, 0.15) is 24.3 Å². The van der Waals surface area contributed by atoms with Crippen LogP contribution in [0.5, 0.6) is 5.88 Å². The second kappa shape index (κ2) is 7.17. The lowest BCUT2D eigenvalue weighted by atomic mass is 9.73. The van der Waals surface area contributed by atoms with E-state index in [1.807, 2.05) is 29.8 Å². The molecule has 0 saturated carbocycles. The number of piperidine rings is 1. The molecule has 2 aliphatic heterocycles. The number of fused-ring (bicyclic) bond motifs is 1. The minimum absolute atomic E-state index is 0.0608. The molecule has 4 rings (SSSR count). The third-order valence-corrected chi connectivity index (χ3v) is 5.82.